The lowest BCUT2D eigenvalue weighted by molar-refractivity contribution is -0.177. The highest BCUT2D eigenvalue weighted by molar-refractivity contribution is 5.75. The quantitative estimate of drug-likeness (QED) is 0.841. The maximum atomic E-state index is 10.8. The number of hydrogen-bond donors (Lipinski definition) is 2. The molecule has 0 saturated carbocycles. The number of nitrogens with two attached hydrogens (primary N) is 1. The Morgan fingerprint density at radius 2 is 2.21 bits per heavy atom. The van der Waals surface area contributed by atoms with Crippen molar-refractivity contribution in [3.63, 3.8) is 0 Å². The van der Waals surface area contributed by atoms with E-state index in [1.54, 1.807) is 0 Å². The van der Waals surface area contributed by atoms with Gasteiger partial charge in [0.15, 0.2) is 6.61 Å². The number of benzene rings is 1. The summed E-state index contributed by atoms with van der Waals surface area (Å²) in [5, 5.41) is 10.3. The standard InChI is InChI=1S/C18H26N2O4/c19-17(22)13-23-15-4-1-3-14(11-15)12-20-8-6-18(7-9-20)16(21)5-2-10-24-18/h1,3-4,11,16,21H,2,5-10,12-13H2,(H2,19,22)/t16-/m0/s1. The van der Waals surface area contributed by atoms with E-state index in [9.17, 15) is 9.90 Å². The maximum Gasteiger partial charge on any atom is 0.255 e. The predicted molar refractivity (Wildman–Crippen MR) is 89.6 cm³/mol. The first-order valence-electron chi connectivity index (χ1n) is 8.62. The van der Waals surface area contributed by atoms with E-state index in [2.05, 4.69) is 4.90 Å². The molecular formula is C18H26N2O4. The Labute approximate surface area is 142 Å². The van der Waals surface area contributed by atoms with Crippen molar-refractivity contribution < 1.29 is 19.4 Å². The molecule has 0 aliphatic carbocycles. The molecule has 0 radical (unpaired) electrons. The Morgan fingerprint density at radius 3 is 2.92 bits per heavy atom. The molecule has 2 fully saturated rings. The molecule has 6 heteroatoms. The lowest BCUT2D eigenvalue weighted by Gasteiger charge is -2.46. The van der Waals surface area contributed by atoms with E-state index in [1.807, 2.05) is 24.3 Å². The number of aliphatic hydroxyl groups excluding tert-OH is 1. The summed E-state index contributed by atoms with van der Waals surface area (Å²) in [6.07, 6.45) is 3.20. The van der Waals surface area contributed by atoms with Gasteiger partial charge in [-0.05, 0) is 43.4 Å². The fraction of sp³-hybridized carbons (Fsp3) is 0.611. The van der Waals surface area contributed by atoms with E-state index in [0.717, 1.165) is 57.5 Å². The summed E-state index contributed by atoms with van der Waals surface area (Å²) in [6.45, 7) is 3.29. The first-order valence-corrected chi connectivity index (χ1v) is 8.62. The minimum Gasteiger partial charge on any atom is -0.484 e. The van der Waals surface area contributed by atoms with Crippen molar-refractivity contribution in [2.45, 2.75) is 43.9 Å². The van der Waals surface area contributed by atoms with E-state index in [-0.39, 0.29) is 18.3 Å². The highest BCUT2D eigenvalue weighted by Gasteiger charge is 2.43. The molecule has 1 aromatic carbocycles. The number of ether oxygens (including phenoxy) is 2. The molecule has 2 heterocycles. The van der Waals surface area contributed by atoms with Gasteiger partial charge in [-0.2, -0.15) is 0 Å². The van der Waals surface area contributed by atoms with Crippen LogP contribution in [0.3, 0.4) is 0 Å². The van der Waals surface area contributed by atoms with Crippen molar-refractivity contribution >= 4 is 5.91 Å². The molecule has 2 aliphatic heterocycles. The molecule has 1 atom stereocenters. The minimum atomic E-state index is -0.479. The molecule has 0 unspecified atom stereocenters. The van der Waals surface area contributed by atoms with Gasteiger partial charge in [0.05, 0.1) is 11.7 Å². The molecule has 1 aromatic rings. The average molecular weight is 334 g/mol. The second-order valence-electron chi connectivity index (χ2n) is 6.75. The minimum absolute atomic E-state index is 0.106. The van der Waals surface area contributed by atoms with Gasteiger partial charge < -0.3 is 20.3 Å². The van der Waals surface area contributed by atoms with Gasteiger partial charge in [-0.3, -0.25) is 9.69 Å². The second kappa shape index (κ2) is 7.51. The van der Waals surface area contributed by atoms with Crippen molar-refractivity contribution in [1.82, 2.24) is 4.90 Å². The number of piperidine rings is 1. The van der Waals surface area contributed by atoms with Crippen molar-refractivity contribution in [3.8, 4) is 5.75 Å². The van der Waals surface area contributed by atoms with Crippen LogP contribution in [0.25, 0.3) is 0 Å². The molecule has 3 rings (SSSR count). The number of carbonyl (C=O) groups is 1. The van der Waals surface area contributed by atoms with Crippen LogP contribution < -0.4 is 10.5 Å². The highest BCUT2D eigenvalue weighted by Crippen LogP contribution is 2.35. The van der Waals surface area contributed by atoms with Crippen LogP contribution >= 0.6 is 0 Å². The van der Waals surface area contributed by atoms with Crippen LogP contribution in [-0.2, 0) is 16.1 Å². The Bertz CT molecular complexity index is 570. The number of hydrogen-bond acceptors (Lipinski definition) is 5. The van der Waals surface area contributed by atoms with Crippen LogP contribution in [0, 0.1) is 0 Å². The second-order valence-corrected chi connectivity index (χ2v) is 6.75. The molecule has 2 aliphatic rings. The van der Waals surface area contributed by atoms with Crippen molar-refractivity contribution in [1.29, 1.82) is 0 Å². The molecule has 0 bridgehead atoms. The van der Waals surface area contributed by atoms with Crippen LogP contribution in [0.4, 0.5) is 0 Å². The van der Waals surface area contributed by atoms with Crippen LogP contribution in [0.5, 0.6) is 5.75 Å². The summed E-state index contributed by atoms with van der Waals surface area (Å²) >= 11 is 0. The van der Waals surface area contributed by atoms with Gasteiger partial charge in [0.25, 0.3) is 5.91 Å². The topological polar surface area (TPSA) is 85.0 Å². The van der Waals surface area contributed by atoms with E-state index in [4.69, 9.17) is 15.2 Å². The number of aliphatic hydroxyl groups is 1. The summed E-state index contributed by atoms with van der Waals surface area (Å²) < 4.78 is 11.3. The molecule has 132 valence electrons. The molecule has 6 nitrogen and oxygen atoms in total. The normalized spacial score (nSPS) is 24.0. The fourth-order valence-electron chi connectivity index (χ4n) is 3.62. The van der Waals surface area contributed by atoms with Gasteiger partial charge in [0.2, 0.25) is 0 Å². The Morgan fingerprint density at radius 1 is 1.42 bits per heavy atom. The zero-order valence-corrected chi connectivity index (χ0v) is 13.9. The van der Waals surface area contributed by atoms with E-state index < -0.39 is 5.91 Å². The van der Waals surface area contributed by atoms with Gasteiger partial charge in [0.1, 0.15) is 5.75 Å². The molecule has 1 amide bonds. The lowest BCUT2D eigenvalue weighted by Crippen LogP contribution is -2.55. The SMILES string of the molecule is NC(=O)COc1cccc(CN2CCC3(CC2)OCCC[C@@H]3O)c1. The Balaban J connectivity index is 1.54. The third kappa shape index (κ3) is 4.06. The number of carbonyl (C=O) groups excluding carboxylic acids is 1. The molecule has 24 heavy (non-hydrogen) atoms. The average Bonchev–Trinajstić information content (AvgIpc) is 2.58. The maximum absolute atomic E-state index is 10.8. The summed E-state index contributed by atoms with van der Waals surface area (Å²) in [5.74, 6) is 0.179. The lowest BCUT2D eigenvalue weighted by atomic mass is 9.82. The van der Waals surface area contributed by atoms with Crippen LogP contribution in [0.15, 0.2) is 24.3 Å². The molecule has 1 spiro atoms. The van der Waals surface area contributed by atoms with E-state index in [0.29, 0.717) is 5.75 Å². The molecule has 0 aromatic heterocycles. The van der Waals surface area contributed by atoms with Crippen molar-refractivity contribution in [3.05, 3.63) is 29.8 Å². The smallest absolute Gasteiger partial charge is 0.255 e. The highest BCUT2D eigenvalue weighted by atomic mass is 16.5. The fourth-order valence-corrected chi connectivity index (χ4v) is 3.62. The number of amides is 1. The molecule has 3 N–H and O–H groups in total. The van der Waals surface area contributed by atoms with Gasteiger partial charge in [0, 0.05) is 26.2 Å². The number of rotatable bonds is 5. The van der Waals surface area contributed by atoms with E-state index >= 15 is 0 Å². The molecule has 2 saturated heterocycles. The summed E-state index contributed by atoms with van der Waals surface area (Å²) in [6, 6.07) is 7.74. The third-order valence-electron chi connectivity index (χ3n) is 5.01. The van der Waals surface area contributed by atoms with Crippen LogP contribution in [0.1, 0.15) is 31.2 Å². The largest absolute Gasteiger partial charge is 0.484 e. The number of primary amides is 1. The third-order valence-corrected chi connectivity index (χ3v) is 5.01. The van der Waals surface area contributed by atoms with Gasteiger partial charge in [-0.25, -0.2) is 0 Å². The first-order chi connectivity index (χ1) is 11.6. The van der Waals surface area contributed by atoms with Crippen molar-refractivity contribution in [2.24, 2.45) is 5.73 Å². The molecular weight excluding hydrogens is 308 g/mol. The summed E-state index contributed by atoms with van der Waals surface area (Å²) in [4.78, 5) is 13.2. The summed E-state index contributed by atoms with van der Waals surface area (Å²) in [7, 11) is 0. The van der Waals surface area contributed by atoms with Crippen LogP contribution in [-0.4, -0.2) is 53.9 Å². The summed E-state index contributed by atoms with van der Waals surface area (Å²) in [5.41, 5.74) is 5.91. The van der Waals surface area contributed by atoms with Gasteiger partial charge >= 0.3 is 0 Å². The Hall–Kier alpha value is -1.63. The Kier molecular flexibility index (Phi) is 5.38. The predicted octanol–water partition coefficient (Wildman–Crippen LogP) is 1.06. The van der Waals surface area contributed by atoms with E-state index in [1.165, 1.54) is 0 Å². The monoisotopic (exact) mass is 334 g/mol. The zero-order valence-electron chi connectivity index (χ0n) is 13.9. The van der Waals surface area contributed by atoms with Crippen LogP contribution in [0.2, 0.25) is 0 Å². The zero-order chi connectivity index (χ0) is 17.0. The van der Waals surface area contributed by atoms with Crippen molar-refractivity contribution in [2.75, 3.05) is 26.3 Å². The first kappa shape index (κ1) is 17.2. The number of nitrogens with zero attached hydrogens (tertiary/aromatic N) is 1. The van der Waals surface area contributed by atoms with Gasteiger partial charge in [-0.15, -0.1) is 0 Å². The van der Waals surface area contributed by atoms with Gasteiger partial charge in [-0.1, -0.05) is 12.1 Å². The number of likely N-dealkylation sites (tertiary alicyclic amines) is 1.